The molecule has 0 aliphatic heterocycles. The van der Waals surface area contributed by atoms with Gasteiger partial charge in [-0.1, -0.05) is 13.8 Å². The summed E-state index contributed by atoms with van der Waals surface area (Å²) in [6.45, 7) is 4.36. The summed E-state index contributed by atoms with van der Waals surface area (Å²) in [6.07, 6.45) is 12.7. The molecule has 4 heteroatoms. The zero-order chi connectivity index (χ0) is 13.4. The SMILES string of the molecule is CCCc1[nH]cc[n+]1C.CCCc1[nH]cc[n+]1C. The van der Waals surface area contributed by atoms with E-state index in [1.807, 2.05) is 24.8 Å². The molecule has 0 radical (unpaired) electrons. The molecule has 0 spiro atoms. The average molecular weight is 250 g/mol. The van der Waals surface area contributed by atoms with Crippen LogP contribution in [0.4, 0.5) is 0 Å². The van der Waals surface area contributed by atoms with Gasteiger partial charge in [-0.25, -0.2) is 19.1 Å². The summed E-state index contributed by atoms with van der Waals surface area (Å²) in [4.78, 5) is 6.34. The smallest absolute Gasteiger partial charge is 0.248 e. The van der Waals surface area contributed by atoms with E-state index < -0.39 is 0 Å². The third-order valence-electron chi connectivity index (χ3n) is 2.92. The van der Waals surface area contributed by atoms with E-state index in [-0.39, 0.29) is 0 Å². The van der Waals surface area contributed by atoms with Crippen LogP contribution in [0, 0.1) is 0 Å². The van der Waals surface area contributed by atoms with E-state index in [1.54, 1.807) is 0 Å². The molecule has 2 aromatic rings. The number of hydrogen-bond donors (Lipinski definition) is 2. The van der Waals surface area contributed by atoms with Crippen molar-refractivity contribution in [3.63, 3.8) is 0 Å². The van der Waals surface area contributed by atoms with Crippen molar-refractivity contribution in [2.45, 2.75) is 39.5 Å². The Morgan fingerprint density at radius 2 is 1.22 bits per heavy atom. The molecule has 0 bridgehead atoms. The molecule has 0 amide bonds. The minimum atomic E-state index is 1.14. The van der Waals surface area contributed by atoms with Crippen molar-refractivity contribution >= 4 is 0 Å². The van der Waals surface area contributed by atoms with Gasteiger partial charge in [-0.15, -0.1) is 0 Å². The molecule has 0 fully saturated rings. The van der Waals surface area contributed by atoms with Crippen LogP contribution in [0.1, 0.15) is 38.3 Å². The summed E-state index contributed by atoms with van der Waals surface area (Å²) < 4.78 is 4.23. The van der Waals surface area contributed by atoms with Crippen molar-refractivity contribution in [1.29, 1.82) is 0 Å². The van der Waals surface area contributed by atoms with Gasteiger partial charge in [-0.3, -0.25) is 0 Å². The highest BCUT2D eigenvalue weighted by Crippen LogP contribution is 1.90. The second-order valence-corrected chi connectivity index (χ2v) is 4.54. The monoisotopic (exact) mass is 250 g/mol. The van der Waals surface area contributed by atoms with Gasteiger partial charge in [-0.2, -0.15) is 0 Å². The van der Waals surface area contributed by atoms with Gasteiger partial charge < -0.3 is 0 Å². The van der Waals surface area contributed by atoms with Gasteiger partial charge in [0.25, 0.3) is 11.6 Å². The summed E-state index contributed by atoms with van der Waals surface area (Å²) >= 11 is 0. The first kappa shape index (κ1) is 14.5. The molecule has 0 atom stereocenters. The second kappa shape index (κ2) is 7.69. The molecule has 2 heterocycles. The third-order valence-corrected chi connectivity index (χ3v) is 2.92. The van der Waals surface area contributed by atoms with Crippen LogP contribution in [0.15, 0.2) is 24.8 Å². The fraction of sp³-hybridized carbons (Fsp3) is 0.571. The Morgan fingerprint density at radius 3 is 1.44 bits per heavy atom. The normalized spacial score (nSPS) is 10.0. The van der Waals surface area contributed by atoms with Gasteiger partial charge in [0.15, 0.2) is 0 Å². The topological polar surface area (TPSA) is 39.3 Å². The average Bonchev–Trinajstić information content (AvgIpc) is 2.92. The number of aryl methyl sites for hydroxylation is 4. The number of nitrogens with one attached hydrogen (secondary N) is 2. The van der Waals surface area contributed by atoms with Crippen LogP contribution >= 0.6 is 0 Å². The molecule has 2 rings (SSSR count). The lowest BCUT2D eigenvalue weighted by atomic mass is 10.3. The minimum absolute atomic E-state index is 1.14. The van der Waals surface area contributed by atoms with E-state index in [4.69, 9.17) is 0 Å². The fourth-order valence-corrected chi connectivity index (χ4v) is 1.84. The van der Waals surface area contributed by atoms with Gasteiger partial charge in [0.2, 0.25) is 0 Å². The molecule has 0 unspecified atom stereocenters. The first-order valence-electron chi connectivity index (χ1n) is 6.72. The lowest BCUT2D eigenvalue weighted by Crippen LogP contribution is -2.30. The molecular formula is C14H26N4+2. The molecular weight excluding hydrogens is 224 g/mol. The summed E-state index contributed by atoms with van der Waals surface area (Å²) in [6, 6.07) is 0. The number of rotatable bonds is 4. The van der Waals surface area contributed by atoms with Crippen LogP contribution < -0.4 is 9.13 Å². The summed E-state index contributed by atoms with van der Waals surface area (Å²) in [5, 5.41) is 0. The Kier molecular flexibility index (Phi) is 6.19. The van der Waals surface area contributed by atoms with Crippen LogP contribution in [0.5, 0.6) is 0 Å². The number of aromatic nitrogens is 4. The zero-order valence-corrected chi connectivity index (χ0v) is 12.0. The molecule has 4 nitrogen and oxygen atoms in total. The molecule has 0 aromatic carbocycles. The Bertz CT molecular complexity index is 400. The van der Waals surface area contributed by atoms with Gasteiger partial charge >= 0.3 is 0 Å². The molecule has 0 saturated heterocycles. The highest BCUT2D eigenvalue weighted by Gasteiger charge is 2.02. The Hall–Kier alpha value is -1.58. The van der Waals surface area contributed by atoms with E-state index >= 15 is 0 Å². The van der Waals surface area contributed by atoms with Crippen molar-refractivity contribution in [3.05, 3.63) is 36.4 Å². The van der Waals surface area contributed by atoms with Crippen molar-refractivity contribution in [2.75, 3.05) is 0 Å². The largest absolute Gasteiger partial charge is 0.253 e. The van der Waals surface area contributed by atoms with Crippen LogP contribution in [0.3, 0.4) is 0 Å². The predicted molar refractivity (Wildman–Crippen MR) is 71.9 cm³/mol. The maximum atomic E-state index is 3.17. The van der Waals surface area contributed by atoms with Crippen molar-refractivity contribution < 1.29 is 9.13 Å². The van der Waals surface area contributed by atoms with Crippen LogP contribution in [-0.2, 0) is 26.9 Å². The van der Waals surface area contributed by atoms with Crippen LogP contribution in [0.2, 0.25) is 0 Å². The zero-order valence-electron chi connectivity index (χ0n) is 12.0. The van der Waals surface area contributed by atoms with E-state index in [2.05, 4.69) is 47.0 Å². The van der Waals surface area contributed by atoms with Gasteiger partial charge in [0.05, 0.1) is 14.1 Å². The molecule has 2 N–H and O–H groups in total. The number of H-pyrrole nitrogens is 2. The minimum Gasteiger partial charge on any atom is -0.248 e. The maximum Gasteiger partial charge on any atom is 0.253 e. The first-order valence-corrected chi connectivity index (χ1v) is 6.72. The predicted octanol–water partition coefficient (Wildman–Crippen LogP) is 1.58. The second-order valence-electron chi connectivity index (χ2n) is 4.54. The van der Waals surface area contributed by atoms with Gasteiger partial charge in [0, 0.05) is 12.8 Å². The molecule has 0 aliphatic rings. The summed E-state index contributed by atoms with van der Waals surface area (Å²) in [5.74, 6) is 2.61. The van der Waals surface area contributed by atoms with Crippen molar-refractivity contribution in [2.24, 2.45) is 14.1 Å². The Morgan fingerprint density at radius 1 is 0.833 bits per heavy atom. The third kappa shape index (κ3) is 4.35. The number of aromatic amines is 2. The van der Waals surface area contributed by atoms with Crippen molar-refractivity contribution in [1.82, 2.24) is 9.97 Å². The van der Waals surface area contributed by atoms with E-state index in [1.165, 1.54) is 24.5 Å². The molecule has 0 aliphatic carbocycles. The van der Waals surface area contributed by atoms with E-state index in [9.17, 15) is 0 Å². The fourth-order valence-electron chi connectivity index (χ4n) is 1.84. The van der Waals surface area contributed by atoms with E-state index in [0.29, 0.717) is 0 Å². The lowest BCUT2D eigenvalue weighted by Gasteiger charge is -1.87. The van der Waals surface area contributed by atoms with Crippen LogP contribution in [0.25, 0.3) is 0 Å². The Labute approximate surface area is 110 Å². The first-order chi connectivity index (χ1) is 8.69. The maximum absolute atomic E-state index is 3.17. The Balaban J connectivity index is 0.000000180. The van der Waals surface area contributed by atoms with E-state index in [0.717, 1.165) is 12.8 Å². The van der Waals surface area contributed by atoms with Crippen LogP contribution in [-0.4, -0.2) is 9.97 Å². The number of hydrogen-bond acceptors (Lipinski definition) is 0. The highest BCUT2D eigenvalue weighted by atomic mass is 15.0. The molecule has 0 saturated carbocycles. The number of nitrogens with zero attached hydrogens (tertiary/aromatic N) is 2. The standard InChI is InChI=1S/2C7H12N2/c2*1-3-4-7-8-5-6-9(7)2/h2*5-6H,3-4H2,1-2H3/p+2. The number of imidazole rings is 2. The summed E-state index contributed by atoms with van der Waals surface area (Å²) in [5.41, 5.74) is 0. The van der Waals surface area contributed by atoms with Gasteiger partial charge in [0.1, 0.15) is 24.8 Å². The van der Waals surface area contributed by atoms with Crippen molar-refractivity contribution in [3.8, 4) is 0 Å². The molecule has 100 valence electrons. The quantitative estimate of drug-likeness (QED) is 0.774. The molecule has 2 aromatic heterocycles. The summed E-state index contributed by atoms with van der Waals surface area (Å²) in [7, 11) is 4.11. The molecule has 18 heavy (non-hydrogen) atoms. The van der Waals surface area contributed by atoms with Gasteiger partial charge in [-0.05, 0) is 12.8 Å². The highest BCUT2D eigenvalue weighted by molar-refractivity contribution is 4.76. The lowest BCUT2D eigenvalue weighted by molar-refractivity contribution is -0.678.